The van der Waals surface area contributed by atoms with E-state index in [9.17, 15) is 0 Å². The van der Waals surface area contributed by atoms with Crippen molar-refractivity contribution in [2.45, 2.75) is 6.92 Å². The molecule has 0 atom stereocenters. The van der Waals surface area contributed by atoms with Gasteiger partial charge in [-0.15, -0.1) is 0 Å². The SMILES string of the molecule is Cc1ccc2c(-c3cc4ccccc4cc3-c3ccccc3)c3ccccc3c(-c3ccc(-c4ccccc4)cc3)c2c1. The van der Waals surface area contributed by atoms with Crippen LogP contribution in [0.25, 0.3) is 76.8 Å². The van der Waals surface area contributed by atoms with Crippen LogP contribution in [0, 0.1) is 6.92 Å². The molecule has 202 valence electrons. The molecular weight excluding hydrogens is 516 g/mol. The van der Waals surface area contributed by atoms with Gasteiger partial charge in [0.1, 0.15) is 0 Å². The first kappa shape index (κ1) is 25.3. The predicted molar refractivity (Wildman–Crippen MR) is 185 cm³/mol. The van der Waals surface area contributed by atoms with Crippen LogP contribution in [-0.2, 0) is 0 Å². The standard InChI is InChI=1S/C43H30/c1-29-20-25-38-40(26-29)42(33-23-21-31(22-24-33)30-12-4-2-5-13-30)36-18-10-11-19-37(36)43(38)41-28-35-17-9-8-16-34(35)27-39(41)32-14-6-3-7-15-32/h2-28H,1H3. The summed E-state index contributed by atoms with van der Waals surface area (Å²) in [5.41, 5.74) is 11.3. The van der Waals surface area contributed by atoms with Gasteiger partial charge in [0.15, 0.2) is 0 Å². The molecule has 0 bridgehead atoms. The summed E-state index contributed by atoms with van der Waals surface area (Å²) in [6.45, 7) is 2.20. The summed E-state index contributed by atoms with van der Waals surface area (Å²) >= 11 is 0. The molecule has 0 saturated heterocycles. The molecule has 0 spiro atoms. The molecule has 0 fully saturated rings. The molecule has 0 N–H and O–H groups in total. The predicted octanol–water partition coefficient (Wildman–Crippen LogP) is 12.1. The van der Waals surface area contributed by atoms with Gasteiger partial charge in [0, 0.05) is 0 Å². The third kappa shape index (κ3) is 4.40. The van der Waals surface area contributed by atoms with Crippen molar-refractivity contribution in [3.05, 3.63) is 169 Å². The van der Waals surface area contributed by atoms with E-state index < -0.39 is 0 Å². The van der Waals surface area contributed by atoms with Gasteiger partial charge in [-0.1, -0.05) is 157 Å². The van der Waals surface area contributed by atoms with Crippen molar-refractivity contribution < 1.29 is 0 Å². The summed E-state index contributed by atoms with van der Waals surface area (Å²) in [4.78, 5) is 0. The van der Waals surface area contributed by atoms with Crippen LogP contribution in [-0.4, -0.2) is 0 Å². The summed E-state index contributed by atoms with van der Waals surface area (Å²) in [6.07, 6.45) is 0. The van der Waals surface area contributed by atoms with E-state index in [1.54, 1.807) is 0 Å². The van der Waals surface area contributed by atoms with E-state index in [4.69, 9.17) is 0 Å². The number of hydrogen-bond donors (Lipinski definition) is 0. The Labute approximate surface area is 252 Å². The van der Waals surface area contributed by atoms with Crippen LogP contribution >= 0.6 is 0 Å². The second-order valence-corrected chi connectivity index (χ2v) is 11.4. The Morgan fingerprint density at radius 2 is 0.791 bits per heavy atom. The van der Waals surface area contributed by atoms with E-state index in [-0.39, 0.29) is 0 Å². The fraction of sp³-hybridized carbons (Fsp3) is 0.0233. The Kier molecular flexibility index (Phi) is 6.12. The zero-order valence-corrected chi connectivity index (χ0v) is 24.1. The lowest BCUT2D eigenvalue weighted by Crippen LogP contribution is -1.94. The third-order valence-corrected chi connectivity index (χ3v) is 8.70. The molecule has 8 rings (SSSR count). The van der Waals surface area contributed by atoms with E-state index in [2.05, 4.69) is 171 Å². The van der Waals surface area contributed by atoms with Gasteiger partial charge in [-0.2, -0.15) is 0 Å². The molecule has 0 radical (unpaired) electrons. The summed E-state index contributed by atoms with van der Waals surface area (Å²) < 4.78 is 0. The molecule has 0 amide bonds. The molecule has 0 aromatic heterocycles. The smallest absolute Gasteiger partial charge is 0.00199 e. The van der Waals surface area contributed by atoms with E-state index in [0.29, 0.717) is 0 Å². The minimum Gasteiger partial charge on any atom is -0.0622 e. The molecule has 0 unspecified atom stereocenters. The molecule has 0 aliphatic rings. The zero-order valence-electron chi connectivity index (χ0n) is 24.1. The lowest BCUT2D eigenvalue weighted by atomic mass is 9.82. The van der Waals surface area contributed by atoms with Crippen molar-refractivity contribution in [1.29, 1.82) is 0 Å². The minimum atomic E-state index is 1.23. The molecule has 0 saturated carbocycles. The summed E-state index contributed by atoms with van der Waals surface area (Å²) in [5, 5.41) is 7.61. The van der Waals surface area contributed by atoms with Crippen molar-refractivity contribution in [1.82, 2.24) is 0 Å². The highest BCUT2D eigenvalue weighted by Crippen LogP contribution is 2.47. The molecule has 0 aliphatic carbocycles. The molecule has 43 heavy (non-hydrogen) atoms. The van der Waals surface area contributed by atoms with Crippen LogP contribution in [0.1, 0.15) is 5.56 Å². The summed E-state index contributed by atoms with van der Waals surface area (Å²) in [5.74, 6) is 0. The average molecular weight is 547 g/mol. The van der Waals surface area contributed by atoms with Crippen molar-refractivity contribution in [3.63, 3.8) is 0 Å². The highest BCUT2D eigenvalue weighted by molar-refractivity contribution is 6.23. The first-order valence-corrected chi connectivity index (χ1v) is 14.9. The van der Waals surface area contributed by atoms with Gasteiger partial charge in [-0.05, 0) is 95.9 Å². The number of aryl methyl sites for hydroxylation is 1. The molecule has 8 aromatic rings. The van der Waals surface area contributed by atoms with Gasteiger partial charge in [-0.25, -0.2) is 0 Å². The topological polar surface area (TPSA) is 0 Å². The highest BCUT2D eigenvalue weighted by atomic mass is 14.2. The van der Waals surface area contributed by atoms with Crippen molar-refractivity contribution in [2.24, 2.45) is 0 Å². The first-order valence-electron chi connectivity index (χ1n) is 14.9. The van der Waals surface area contributed by atoms with Crippen molar-refractivity contribution in [3.8, 4) is 44.5 Å². The fourth-order valence-corrected chi connectivity index (χ4v) is 6.66. The summed E-state index contributed by atoms with van der Waals surface area (Å²) in [6, 6.07) is 59.9. The van der Waals surface area contributed by atoms with E-state index in [1.807, 2.05) is 0 Å². The second kappa shape index (κ2) is 10.4. The number of fused-ring (bicyclic) bond motifs is 3. The first-order chi connectivity index (χ1) is 21.2. The van der Waals surface area contributed by atoms with Crippen LogP contribution in [0.4, 0.5) is 0 Å². The number of benzene rings is 8. The lowest BCUT2D eigenvalue weighted by Gasteiger charge is -2.21. The van der Waals surface area contributed by atoms with Crippen LogP contribution in [0.5, 0.6) is 0 Å². The van der Waals surface area contributed by atoms with Crippen molar-refractivity contribution >= 4 is 32.3 Å². The fourth-order valence-electron chi connectivity index (χ4n) is 6.66. The Balaban J connectivity index is 1.46. The molecule has 0 heterocycles. The van der Waals surface area contributed by atoms with E-state index in [0.717, 1.165) is 0 Å². The monoisotopic (exact) mass is 546 g/mol. The second-order valence-electron chi connectivity index (χ2n) is 11.4. The molecular formula is C43H30. The van der Waals surface area contributed by atoms with Crippen LogP contribution in [0.3, 0.4) is 0 Å². The molecule has 0 nitrogen and oxygen atoms in total. The molecule has 8 aromatic carbocycles. The van der Waals surface area contributed by atoms with Gasteiger partial charge in [-0.3, -0.25) is 0 Å². The zero-order chi connectivity index (χ0) is 28.8. The Bertz CT molecular complexity index is 2260. The Morgan fingerprint density at radius 3 is 1.47 bits per heavy atom. The van der Waals surface area contributed by atoms with Gasteiger partial charge in [0.2, 0.25) is 0 Å². The van der Waals surface area contributed by atoms with Gasteiger partial charge in [0.25, 0.3) is 0 Å². The van der Waals surface area contributed by atoms with Crippen LogP contribution in [0.2, 0.25) is 0 Å². The van der Waals surface area contributed by atoms with Crippen LogP contribution in [0.15, 0.2) is 164 Å². The highest BCUT2D eigenvalue weighted by Gasteiger charge is 2.20. The summed E-state index contributed by atoms with van der Waals surface area (Å²) in [7, 11) is 0. The maximum atomic E-state index is 2.40. The lowest BCUT2D eigenvalue weighted by molar-refractivity contribution is 1.51. The van der Waals surface area contributed by atoms with Gasteiger partial charge >= 0.3 is 0 Å². The maximum Gasteiger partial charge on any atom is -0.00199 e. The average Bonchev–Trinajstić information content (AvgIpc) is 3.07. The number of rotatable bonds is 4. The Hall–Kier alpha value is -5.46. The molecule has 0 aliphatic heterocycles. The minimum absolute atomic E-state index is 1.23. The van der Waals surface area contributed by atoms with Crippen LogP contribution < -0.4 is 0 Å². The molecule has 0 heteroatoms. The van der Waals surface area contributed by atoms with E-state index in [1.165, 1.54) is 82.4 Å². The van der Waals surface area contributed by atoms with Crippen molar-refractivity contribution in [2.75, 3.05) is 0 Å². The van der Waals surface area contributed by atoms with Gasteiger partial charge in [0.05, 0.1) is 0 Å². The van der Waals surface area contributed by atoms with E-state index >= 15 is 0 Å². The number of hydrogen-bond acceptors (Lipinski definition) is 0. The normalized spacial score (nSPS) is 11.4. The maximum absolute atomic E-state index is 2.40. The quantitative estimate of drug-likeness (QED) is 0.193. The Morgan fingerprint density at radius 1 is 0.302 bits per heavy atom. The third-order valence-electron chi connectivity index (χ3n) is 8.70. The largest absolute Gasteiger partial charge is 0.0622 e. The van der Waals surface area contributed by atoms with Gasteiger partial charge < -0.3 is 0 Å².